The Balaban J connectivity index is 0.000000155. The number of likely N-dealkylation sites (N-methyl/N-ethyl adjacent to an activating group) is 2. The van der Waals surface area contributed by atoms with E-state index in [0.717, 1.165) is 88.9 Å². The molecule has 2 aromatic rings. The molecular formula is C26H40N8O2S2. The summed E-state index contributed by atoms with van der Waals surface area (Å²) in [5, 5.41) is 7.26. The van der Waals surface area contributed by atoms with Gasteiger partial charge in [0, 0.05) is 72.9 Å². The molecule has 0 radical (unpaired) electrons. The van der Waals surface area contributed by atoms with Crippen LogP contribution in [0, 0.1) is 0 Å². The van der Waals surface area contributed by atoms with E-state index in [2.05, 4.69) is 44.5 Å². The minimum absolute atomic E-state index is 0.0515. The van der Waals surface area contributed by atoms with Crippen LogP contribution in [0.2, 0.25) is 0 Å². The van der Waals surface area contributed by atoms with E-state index < -0.39 is 0 Å². The maximum Gasteiger partial charge on any atom is 0.280 e. The molecule has 2 amide bonds. The summed E-state index contributed by atoms with van der Waals surface area (Å²) in [7, 11) is 4.19. The molecule has 6 N–H and O–H groups in total. The topological polar surface area (TPSA) is 142 Å². The summed E-state index contributed by atoms with van der Waals surface area (Å²) < 4.78 is 0. The van der Waals surface area contributed by atoms with Crippen LogP contribution in [0.3, 0.4) is 0 Å². The third-order valence-electron chi connectivity index (χ3n) is 8.00. The van der Waals surface area contributed by atoms with E-state index in [9.17, 15) is 9.59 Å². The number of aromatic nitrogens is 2. The van der Waals surface area contributed by atoms with Crippen LogP contribution in [0.15, 0.2) is 0 Å². The van der Waals surface area contributed by atoms with Gasteiger partial charge in [-0.2, -0.15) is 0 Å². The van der Waals surface area contributed by atoms with Crippen LogP contribution in [-0.4, -0.2) is 82.9 Å². The number of carbonyl (C=O) groups is 2. The van der Waals surface area contributed by atoms with E-state index in [1.54, 1.807) is 0 Å². The number of nitrogens with zero attached hydrogens (tertiary/aromatic N) is 4. The number of nitrogens with two attached hydrogens (primary N) is 2. The molecule has 10 nitrogen and oxygen atoms in total. The highest BCUT2D eigenvalue weighted by Crippen LogP contribution is 2.26. The molecule has 2 aromatic heterocycles. The van der Waals surface area contributed by atoms with E-state index >= 15 is 0 Å². The monoisotopic (exact) mass is 560 g/mol. The van der Waals surface area contributed by atoms with Gasteiger partial charge in [0.05, 0.1) is 11.4 Å². The molecule has 38 heavy (non-hydrogen) atoms. The molecule has 6 rings (SSSR count). The number of rotatable bonds is 4. The number of hydrogen-bond donors (Lipinski definition) is 4. The first-order valence-corrected chi connectivity index (χ1v) is 15.4. The maximum absolute atomic E-state index is 12.2. The van der Waals surface area contributed by atoms with Crippen LogP contribution in [0.4, 0.5) is 0 Å². The number of amides is 2. The zero-order valence-electron chi connectivity index (χ0n) is 22.4. The fourth-order valence-electron chi connectivity index (χ4n) is 5.64. The molecule has 0 aromatic carbocycles. The third kappa shape index (κ3) is 6.43. The van der Waals surface area contributed by atoms with Crippen molar-refractivity contribution in [2.24, 2.45) is 11.5 Å². The molecule has 2 fully saturated rings. The second kappa shape index (κ2) is 12.1. The minimum atomic E-state index is -0.0515. The van der Waals surface area contributed by atoms with Gasteiger partial charge in [-0.05, 0) is 52.6 Å². The van der Waals surface area contributed by atoms with Gasteiger partial charge >= 0.3 is 0 Å². The Labute approximate surface area is 232 Å². The van der Waals surface area contributed by atoms with Crippen molar-refractivity contribution in [3.63, 3.8) is 0 Å². The lowest BCUT2D eigenvalue weighted by Gasteiger charge is -2.20. The number of fused-ring (bicyclic) bond motifs is 2. The normalized spacial score (nSPS) is 27.3. The molecule has 0 saturated heterocycles. The smallest absolute Gasteiger partial charge is 0.280 e. The van der Waals surface area contributed by atoms with Crippen molar-refractivity contribution in [1.29, 1.82) is 0 Å². The summed E-state index contributed by atoms with van der Waals surface area (Å²) in [5.41, 5.74) is 14.2. The van der Waals surface area contributed by atoms with Crippen molar-refractivity contribution in [3.05, 3.63) is 31.2 Å². The molecule has 208 valence electrons. The van der Waals surface area contributed by atoms with Crippen LogP contribution < -0.4 is 22.1 Å². The van der Waals surface area contributed by atoms with Gasteiger partial charge in [0.2, 0.25) is 0 Å². The fourth-order valence-corrected chi connectivity index (χ4v) is 7.82. The average Bonchev–Trinajstić information content (AvgIpc) is 3.67. The van der Waals surface area contributed by atoms with Crippen LogP contribution in [0.1, 0.15) is 79.3 Å². The van der Waals surface area contributed by atoms with Crippen LogP contribution in [0.25, 0.3) is 0 Å². The SMILES string of the molecule is CN1CCc2nc(C(=O)N[C@@H]3CCC[C@H]3N)sc2C1.CN1CCc2nc(C(=O)N[C@H]3CCC[C@@H]3N)sc2C1. The number of nitrogens with one attached hydrogen (secondary N) is 2. The number of hydrogen-bond acceptors (Lipinski definition) is 10. The van der Waals surface area contributed by atoms with Crippen molar-refractivity contribution in [2.45, 2.75) is 88.6 Å². The Hall–Kier alpha value is -1.96. The van der Waals surface area contributed by atoms with Crippen molar-refractivity contribution < 1.29 is 9.59 Å². The summed E-state index contributed by atoms with van der Waals surface area (Å²) in [4.78, 5) is 40.4. The van der Waals surface area contributed by atoms with Crippen LogP contribution in [0.5, 0.6) is 0 Å². The zero-order valence-corrected chi connectivity index (χ0v) is 24.0. The van der Waals surface area contributed by atoms with Crippen LogP contribution in [-0.2, 0) is 25.9 Å². The lowest BCUT2D eigenvalue weighted by Crippen LogP contribution is -2.43. The molecular weight excluding hydrogens is 520 g/mol. The Morgan fingerprint density at radius 1 is 0.763 bits per heavy atom. The Kier molecular flexibility index (Phi) is 8.75. The van der Waals surface area contributed by atoms with E-state index in [4.69, 9.17) is 11.5 Å². The second-order valence-corrected chi connectivity index (χ2v) is 13.3. The molecule has 2 saturated carbocycles. The summed E-state index contributed by atoms with van der Waals surface area (Å²) >= 11 is 3.05. The fraction of sp³-hybridized carbons (Fsp3) is 0.692. The first kappa shape index (κ1) is 27.6. The Morgan fingerprint density at radius 3 is 1.55 bits per heavy atom. The highest BCUT2D eigenvalue weighted by atomic mass is 32.1. The summed E-state index contributed by atoms with van der Waals surface area (Å²) in [5.74, 6) is -0.103. The van der Waals surface area contributed by atoms with Crippen LogP contribution >= 0.6 is 22.7 Å². The van der Waals surface area contributed by atoms with E-state index in [1.807, 2.05) is 0 Å². The van der Waals surface area contributed by atoms with Gasteiger partial charge in [-0.25, -0.2) is 9.97 Å². The molecule has 0 bridgehead atoms. The number of carbonyl (C=O) groups excluding carboxylic acids is 2. The van der Waals surface area contributed by atoms with Crippen molar-refractivity contribution in [2.75, 3.05) is 27.2 Å². The minimum Gasteiger partial charge on any atom is -0.346 e. The summed E-state index contributed by atoms with van der Waals surface area (Å²) in [6, 6.07) is 0.446. The molecule has 0 unspecified atom stereocenters. The lowest BCUT2D eigenvalue weighted by molar-refractivity contribution is 0.0926. The largest absolute Gasteiger partial charge is 0.346 e. The van der Waals surface area contributed by atoms with Gasteiger partial charge in [0.15, 0.2) is 10.0 Å². The Bertz CT molecular complexity index is 1060. The number of thiazole rings is 2. The summed E-state index contributed by atoms with van der Waals surface area (Å²) in [6.45, 7) is 3.85. The molecule has 4 heterocycles. The maximum atomic E-state index is 12.2. The van der Waals surface area contributed by atoms with Gasteiger partial charge in [0.25, 0.3) is 11.8 Å². The van der Waals surface area contributed by atoms with Crippen molar-refractivity contribution >= 4 is 34.5 Å². The average molecular weight is 561 g/mol. The molecule has 2 aliphatic heterocycles. The van der Waals surface area contributed by atoms with Gasteiger partial charge in [-0.3, -0.25) is 9.59 Å². The predicted octanol–water partition coefficient (Wildman–Crippen LogP) is 1.48. The first-order valence-electron chi connectivity index (χ1n) is 13.7. The summed E-state index contributed by atoms with van der Waals surface area (Å²) in [6.07, 6.45) is 8.07. The van der Waals surface area contributed by atoms with Crippen molar-refractivity contribution in [1.82, 2.24) is 30.4 Å². The van der Waals surface area contributed by atoms with E-state index in [-0.39, 0.29) is 36.0 Å². The van der Waals surface area contributed by atoms with E-state index in [0.29, 0.717) is 10.0 Å². The highest BCUT2D eigenvalue weighted by molar-refractivity contribution is 7.14. The van der Waals surface area contributed by atoms with Gasteiger partial charge in [-0.15, -0.1) is 22.7 Å². The molecule has 0 spiro atoms. The zero-order chi connectivity index (χ0) is 26.8. The predicted molar refractivity (Wildman–Crippen MR) is 150 cm³/mol. The quantitative estimate of drug-likeness (QED) is 0.441. The Morgan fingerprint density at radius 2 is 1.18 bits per heavy atom. The molecule has 12 heteroatoms. The second-order valence-electron chi connectivity index (χ2n) is 11.1. The van der Waals surface area contributed by atoms with Gasteiger partial charge < -0.3 is 31.9 Å². The molecule has 2 aliphatic carbocycles. The highest BCUT2D eigenvalue weighted by Gasteiger charge is 2.29. The first-order chi connectivity index (χ1) is 18.3. The molecule has 4 aliphatic rings. The molecule has 4 atom stereocenters. The van der Waals surface area contributed by atoms with Crippen molar-refractivity contribution in [3.8, 4) is 0 Å². The van der Waals surface area contributed by atoms with E-state index in [1.165, 1.54) is 32.4 Å². The van der Waals surface area contributed by atoms with Gasteiger partial charge in [-0.1, -0.05) is 0 Å². The standard InChI is InChI=1S/2C13H20N4OS/c2*1-17-6-5-10-11(7-17)19-13(16-10)12(18)15-9-4-2-3-8(9)14/h2*8-9H,2-7,14H2,1H3,(H,15,18)/t2*8-,9-/m10/s1. The van der Waals surface area contributed by atoms with Gasteiger partial charge in [0.1, 0.15) is 0 Å². The lowest BCUT2D eigenvalue weighted by atomic mass is 10.2. The third-order valence-corrected chi connectivity index (χ3v) is 10.2.